The van der Waals surface area contributed by atoms with Crippen molar-refractivity contribution in [3.8, 4) is 0 Å². The fourth-order valence-electron chi connectivity index (χ4n) is 2.17. The van der Waals surface area contributed by atoms with Gasteiger partial charge in [-0.25, -0.2) is 0 Å². The molecule has 2 atom stereocenters. The molecule has 0 amide bonds. The summed E-state index contributed by atoms with van der Waals surface area (Å²) in [7, 11) is 0. The molecule has 1 heterocycles. The summed E-state index contributed by atoms with van der Waals surface area (Å²) < 4.78 is 1.18. The van der Waals surface area contributed by atoms with Gasteiger partial charge in [-0.3, -0.25) is 0 Å². The van der Waals surface area contributed by atoms with Crippen LogP contribution in [0.1, 0.15) is 11.5 Å². The van der Waals surface area contributed by atoms with E-state index in [-0.39, 0.29) is 0 Å². The van der Waals surface area contributed by atoms with Crippen LogP contribution < -0.4 is 5.32 Å². The SMILES string of the molecule is BrC1=CC2c3ccccc3N[C@H]2C=C1. The van der Waals surface area contributed by atoms with Crippen LogP contribution in [-0.4, -0.2) is 6.04 Å². The van der Waals surface area contributed by atoms with Gasteiger partial charge in [0.15, 0.2) is 0 Å². The van der Waals surface area contributed by atoms with E-state index in [1.54, 1.807) is 0 Å². The molecule has 1 aromatic carbocycles. The first-order valence-corrected chi connectivity index (χ1v) is 5.55. The first-order valence-electron chi connectivity index (χ1n) is 4.75. The summed E-state index contributed by atoms with van der Waals surface area (Å²) in [5, 5.41) is 3.50. The first-order chi connectivity index (χ1) is 6.84. The van der Waals surface area contributed by atoms with Gasteiger partial charge in [0.2, 0.25) is 0 Å². The van der Waals surface area contributed by atoms with Crippen LogP contribution in [0.5, 0.6) is 0 Å². The van der Waals surface area contributed by atoms with Crippen molar-refractivity contribution in [2.75, 3.05) is 5.32 Å². The quantitative estimate of drug-likeness (QED) is 0.741. The largest absolute Gasteiger partial charge is 0.378 e. The van der Waals surface area contributed by atoms with Crippen molar-refractivity contribution in [3.63, 3.8) is 0 Å². The molecular formula is C12H10BrN. The van der Waals surface area contributed by atoms with E-state index in [0.29, 0.717) is 12.0 Å². The van der Waals surface area contributed by atoms with Gasteiger partial charge >= 0.3 is 0 Å². The van der Waals surface area contributed by atoms with Crippen LogP contribution in [0.2, 0.25) is 0 Å². The second-order valence-electron chi connectivity index (χ2n) is 3.69. The molecule has 0 spiro atoms. The molecule has 2 heteroatoms. The maximum Gasteiger partial charge on any atom is 0.0552 e. The number of allylic oxidation sites excluding steroid dienone is 2. The molecule has 1 unspecified atom stereocenters. The van der Waals surface area contributed by atoms with Gasteiger partial charge in [-0.05, 0) is 11.6 Å². The Morgan fingerprint density at radius 3 is 3.00 bits per heavy atom. The highest BCUT2D eigenvalue weighted by Crippen LogP contribution is 2.40. The van der Waals surface area contributed by atoms with E-state index in [0.717, 1.165) is 0 Å². The van der Waals surface area contributed by atoms with E-state index >= 15 is 0 Å². The molecule has 0 saturated heterocycles. The number of benzene rings is 1. The molecule has 1 aromatic rings. The Labute approximate surface area is 91.6 Å². The normalized spacial score (nSPS) is 27.6. The third-order valence-electron chi connectivity index (χ3n) is 2.83. The Bertz CT molecular complexity index is 434. The van der Waals surface area contributed by atoms with Crippen molar-refractivity contribution in [3.05, 3.63) is 52.5 Å². The molecule has 1 aliphatic carbocycles. The van der Waals surface area contributed by atoms with Crippen molar-refractivity contribution < 1.29 is 0 Å². The van der Waals surface area contributed by atoms with E-state index in [1.807, 2.05) is 0 Å². The number of fused-ring (bicyclic) bond motifs is 3. The standard InChI is InChI=1S/C12H10BrN/c13-8-5-6-12-10(7-8)9-3-1-2-4-11(9)14-12/h1-7,10,12,14H/t10?,12-/m0/s1. The highest BCUT2D eigenvalue weighted by Gasteiger charge is 2.29. The van der Waals surface area contributed by atoms with Gasteiger partial charge in [0.1, 0.15) is 0 Å². The van der Waals surface area contributed by atoms with Gasteiger partial charge in [-0.2, -0.15) is 0 Å². The Morgan fingerprint density at radius 2 is 2.07 bits per heavy atom. The van der Waals surface area contributed by atoms with Crippen LogP contribution >= 0.6 is 15.9 Å². The number of hydrogen-bond acceptors (Lipinski definition) is 1. The topological polar surface area (TPSA) is 12.0 Å². The van der Waals surface area contributed by atoms with E-state index in [9.17, 15) is 0 Å². The fraction of sp³-hybridized carbons (Fsp3) is 0.167. The second kappa shape index (κ2) is 2.99. The predicted octanol–water partition coefficient (Wildman–Crippen LogP) is 3.41. The lowest BCUT2D eigenvalue weighted by Gasteiger charge is -2.17. The summed E-state index contributed by atoms with van der Waals surface area (Å²) in [5.74, 6) is 0.491. The fourth-order valence-corrected chi connectivity index (χ4v) is 2.60. The lowest BCUT2D eigenvalue weighted by Crippen LogP contribution is -2.18. The second-order valence-corrected chi connectivity index (χ2v) is 4.61. The number of nitrogens with one attached hydrogen (secondary N) is 1. The van der Waals surface area contributed by atoms with Gasteiger partial charge in [0.25, 0.3) is 0 Å². The summed E-state index contributed by atoms with van der Waals surface area (Å²) in [4.78, 5) is 0. The van der Waals surface area contributed by atoms with Crippen molar-refractivity contribution >= 4 is 21.6 Å². The predicted molar refractivity (Wildman–Crippen MR) is 62.7 cm³/mol. The highest BCUT2D eigenvalue weighted by atomic mass is 79.9. The zero-order valence-corrected chi connectivity index (χ0v) is 9.16. The third kappa shape index (κ3) is 1.14. The van der Waals surface area contributed by atoms with Crippen molar-refractivity contribution in [1.29, 1.82) is 0 Å². The molecule has 0 fully saturated rings. The smallest absolute Gasteiger partial charge is 0.0552 e. The molecule has 0 saturated carbocycles. The molecule has 70 valence electrons. The van der Waals surface area contributed by atoms with Crippen LogP contribution in [0.3, 0.4) is 0 Å². The van der Waals surface area contributed by atoms with Crippen LogP contribution in [0.4, 0.5) is 5.69 Å². The zero-order valence-electron chi connectivity index (χ0n) is 7.57. The van der Waals surface area contributed by atoms with Crippen LogP contribution in [-0.2, 0) is 0 Å². The third-order valence-corrected chi connectivity index (χ3v) is 3.36. The number of anilines is 1. The minimum atomic E-state index is 0.439. The molecule has 14 heavy (non-hydrogen) atoms. The van der Waals surface area contributed by atoms with E-state index in [1.165, 1.54) is 15.7 Å². The minimum Gasteiger partial charge on any atom is -0.378 e. The minimum absolute atomic E-state index is 0.439. The van der Waals surface area contributed by atoms with Gasteiger partial charge in [0.05, 0.1) is 6.04 Å². The van der Waals surface area contributed by atoms with Crippen molar-refractivity contribution in [1.82, 2.24) is 0 Å². The Morgan fingerprint density at radius 1 is 1.21 bits per heavy atom. The van der Waals surface area contributed by atoms with Crippen LogP contribution in [0, 0.1) is 0 Å². The highest BCUT2D eigenvalue weighted by molar-refractivity contribution is 9.11. The maximum absolute atomic E-state index is 3.52. The summed E-state index contributed by atoms with van der Waals surface area (Å²) in [6.07, 6.45) is 6.60. The van der Waals surface area contributed by atoms with Gasteiger partial charge in [-0.1, -0.05) is 52.4 Å². The number of hydrogen-bond donors (Lipinski definition) is 1. The Balaban J connectivity index is 2.11. The average molecular weight is 248 g/mol. The first kappa shape index (κ1) is 8.30. The number of rotatable bonds is 0. The van der Waals surface area contributed by atoms with Gasteiger partial charge < -0.3 is 5.32 Å². The van der Waals surface area contributed by atoms with E-state index < -0.39 is 0 Å². The maximum atomic E-state index is 3.52. The zero-order chi connectivity index (χ0) is 9.54. The molecule has 3 rings (SSSR count). The molecular weight excluding hydrogens is 238 g/mol. The summed E-state index contributed by atoms with van der Waals surface area (Å²) in [6, 6.07) is 8.95. The lowest BCUT2D eigenvalue weighted by molar-refractivity contribution is 0.804. The molecule has 1 nitrogen and oxygen atoms in total. The Kier molecular flexibility index (Phi) is 1.77. The molecule has 2 aliphatic rings. The van der Waals surface area contributed by atoms with E-state index in [2.05, 4.69) is 63.7 Å². The number of para-hydroxylation sites is 1. The van der Waals surface area contributed by atoms with Crippen molar-refractivity contribution in [2.24, 2.45) is 0 Å². The lowest BCUT2D eigenvalue weighted by atomic mass is 9.92. The van der Waals surface area contributed by atoms with Crippen LogP contribution in [0.25, 0.3) is 0 Å². The molecule has 0 radical (unpaired) electrons. The average Bonchev–Trinajstić information content (AvgIpc) is 2.56. The van der Waals surface area contributed by atoms with Gasteiger partial charge in [-0.15, -0.1) is 0 Å². The summed E-state index contributed by atoms with van der Waals surface area (Å²) in [5.41, 5.74) is 2.67. The van der Waals surface area contributed by atoms with Crippen LogP contribution in [0.15, 0.2) is 47.0 Å². The number of halogens is 1. The summed E-state index contributed by atoms with van der Waals surface area (Å²) >= 11 is 3.52. The monoisotopic (exact) mass is 247 g/mol. The molecule has 0 aromatic heterocycles. The summed E-state index contributed by atoms with van der Waals surface area (Å²) in [6.45, 7) is 0. The Hall–Kier alpha value is -1.02. The molecule has 0 bridgehead atoms. The van der Waals surface area contributed by atoms with Gasteiger partial charge in [0, 0.05) is 16.1 Å². The van der Waals surface area contributed by atoms with Crippen molar-refractivity contribution in [2.45, 2.75) is 12.0 Å². The molecule has 1 N–H and O–H groups in total. The molecule has 1 aliphatic heterocycles. The van der Waals surface area contributed by atoms with E-state index in [4.69, 9.17) is 0 Å².